The highest BCUT2D eigenvalue weighted by molar-refractivity contribution is 5.85. The highest BCUT2D eigenvalue weighted by Gasteiger charge is 2.23. The van der Waals surface area contributed by atoms with Crippen molar-refractivity contribution < 1.29 is 4.79 Å². The molecule has 0 unspecified atom stereocenters. The predicted molar refractivity (Wildman–Crippen MR) is 74.5 cm³/mol. The molecule has 1 heterocycles. The van der Waals surface area contributed by atoms with Gasteiger partial charge in [0.1, 0.15) is 0 Å². The van der Waals surface area contributed by atoms with Gasteiger partial charge in [-0.25, -0.2) is 0 Å². The topological polar surface area (TPSA) is 41.1 Å². The quantitative estimate of drug-likeness (QED) is 0.660. The van der Waals surface area contributed by atoms with Crippen LogP contribution < -0.4 is 10.6 Å². The molecular weight excluding hydrogens is 236 g/mol. The number of nitrogens with one attached hydrogen (secondary N) is 2. The molecule has 0 aromatic rings. The second-order valence-corrected chi connectivity index (χ2v) is 5.24. The lowest BCUT2D eigenvalue weighted by atomic mass is 10.0. The van der Waals surface area contributed by atoms with E-state index in [4.69, 9.17) is 0 Å². The molecule has 1 aliphatic heterocycles. The summed E-state index contributed by atoms with van der Waals surface area (Å²) in [6.45, 7) is 7.12. The van der Waals surface area contributed by atoms with Gasteiger partial charge in [-0.15, -0.1) is 12.4 Å². The number of halogens is 1. The number of carbonyl (C=O) groups excluding carboxylic acids is 1. The minimum Gasteiger partial charge on any atom is -0.356 e. The Balaban J connectivity index is 0.00000256. The van der Waals surface area contributed by atoms with Gasteiger partial charge >= 0.3 is 0 Å². The molecule has 2 N–H and O–H groups in total. The van der Waals surface area contributed by atoms with Crippen molar-refractivity contribution in [3.8, 4) is 0 Å². The fourth-order valence-electron chi connectivity index (χ4n) is 1.86. The van der Waals surface area contributed by atoms with Crippen molar-refractivity contribution in [2.45, 2.75) is 46.0 Å². The van der Waals surface area contributed by atoms with Crippen LogP contribution in [0.3, 0.4) is 0 Å². The van der Waals surface area contributed by atoms with Crippen molar-refractivity contribution in [2.75, 3.05) is 19.6 Å². The van der Waals surface area contributed by atoms with Crippen LogP contribution in [-0.4, -0.2) is 25.5 Å². The maximum absolute atomic E-state index is 11.5. The van der Waals surface area contributed by atoms with Crippen LogP contribution in [0, 0.1) is 11.8 Å². The Bertz CT molecular complexity index is 206. The summed E-state index contributed by atoms with van der Waals surface area (Å²) < 4.78 is 0. The summed E-state index contributed by atoms with van der Waals surface area (Å²) in [6, 6.07) is 0. The molecule has 1 aliphatic rings. The SMILES string of the molecule is CC(C)CCCCCCNC(=O)C1CNC1.Cl. The molecule has 1 fully saturated rings. The average molecular weight is 263 g/mol. The third-order valence-electron chi connectivity index (χ3n) is 3.16. The summed E-state index contributed by atoms with van der Waals surface area (Å²) in [4.78, 5) is 11.5. The van der Waals surface area contributed by atoms with Gasteiger partial charge in [0.2, 0.25) is 5.91 Å². The van der Waals surface area contributed by atoms with E-state index < -0.39 is 0 Å². The number of rotatable bonds is 8. The number of unbranched alkanes of at least 4 members (excludes halogenated alkanes) is 3. The van der Waals surface area contributed by atoms with E-state index in [1.807, 2.05) is 0 Å². The summed E-state index contributed by atoms with van der Waals surface area (Å²) in [5.74, 6) is 1.30. The van der Waals surface area contributed by atoms with Gasteiger partial charge in [0.05, 0.1) is 5.92 Å². The van der Waals surface area contributed by atoms with Crippen molar-refractivity contribution >= 4 is 18.3 Å². The van der Waals surface area contributed by atoms with Crippen molar-refractivity contribution in [1.82, 2.24) is 10.6 Å². The zero-order valence-electron chi connectivity index (χ0n) is 11.1. The zero-order valence-corrected chi connectivity index (χ0v) is 11.9. The minimum absolute atomic E-state index is 0. The van der Waals surface area contributed by atoms with Gasteiger partial charge in [0.15, 0.2) is 0 Å². The Hall–Kier alpha value is -0.280. The molecule has 0 aromatic carbocycles. The lowest BCUT2D eigenvalue weighted by Gasteiger charge is -2.25. The van der Waals surface area contributed by atoms with Gasteiger partial charge in [-0.3, -0.25) is 4.79 Å². The molecule has 0 aromatic heterocycles. The van der Waals surface area contributed by atoms with Gasteiger partial charge in [0.25, 0.3) is 0 Å². The van der Waals surface area contributed by atoms with E-state index in [1.54, 1.807) is 0 Å². The van der Waals surface area contributed by atoms with E-state index in [0.29, 0.717) is 0 Å². The van der Waals surface area contributed by atoms with Gasteiger partial charge in [-0.2, -0.15) is 0 Å². The molecule has 3 nitrogen and oxygen atoms in total. The second kappa shape index (κ2) is 9.72. The maximum atomic E-state index is 11.5. The number of amides is 1. The fraction of sp³-hybridized carbons (Fsp3) is 0.923. The Morgan fingerprint density at radius 1 is 1.24 bits per heavy atom. The molecule has 0 aliphatic carbocycles. The maximum Gasteiger partial charge on any atom is 0.225 e. The van der Waals surface area contributed by atoms with E-state index in [0.717, 1.165) is 32.0 Å². The number of hydrogen-bond acceptors (Lipinski definition) is 2. The predicted octanol–water partition coefficient (Wildman–Crippen LogP) is 2.35. The van der Waals surface area contributed by atoms with E-state index in [-0.39, 0.29) is 24.2 Å². The van der Waals surface area contributed by atoms with Crippen molar-refractivity contribution in [2.24, 2.45) is 11.8 Å². The summed E-state index contributed by atoms with van der Waals surface area (Å²) in [6.07, 6.45) is 6.34. The van der Waals surface area contributed by atoms with Crippen molar-refractivity contribution in [3.63, 3.8) is 0 Å². The van der Waals surface area contributed by atoms with Crippen LogP contribution in [0.25, 0.3) is 0 Å². The van der Waals surface area contributed by atoms with E-state index in [1.165, 1.54) is 25.7 Å². The third-order valence-corrected chi connectivity index (χ3v) is 3.16. The van der Waals surface area contributed by atoms with E-state index >= 15 is 0 Å². The third kappa shape index (κ3) is 7.61. The zero-order chi connectivity index (χ0) is 11.8. The first kappa shape index (κ1) is 16.7. The van der Waals surface area contributed by atoms with Crippen LogP contribution >= 0.6 is 12.4 Å². The van der Waals surface area contributed by atoms with Gasteiger partial charge in [0, 0.05) is 19.6 Å². The molecular formula is C13H27ClN2O. The van der Waals surface area contributed by atoms with E-state index in [2.05, 4.69) is 24.5 Å². The smallest absolute Gasteiger partial charge is 0.225 e. The summed E-state index contributed by atoms with van der Waals surface area (Å²) in [7, 11) is 0. The Morgan fingerprint density at radius 3 is 2.41 bits per heavy atom. The summed E-state index contributed by atoms with van der Waals surface area (Å²) in [5.41, 5.74) is 0. The molecule has 1 rings (SSSR count). The Labute approximate surface area is 112 Å². The average Bonchev–Trinajstić information content (AvgIpc) is 2.13. The lowest BCUT2D eigenvalue weighted by molar-refractivity contribution is -0.126. The first-order valence-corrected chi connectivity index (χ1v) is 6.68. The van der Waals surface area contributed by atoms with Crippen LogP contribution in [0.15, 0.2) is 0 Å². The molecule has 4 heteroatoms. The molecule has 0 atom stereocenters. The molecule has 0 bridgehead atoms. The molecule has 1 saturated heterocycles. The van der Waals surface area contributed by atoms with Crippen molar-refractivity contribution in [1.29, 1.82) is 0 Å². The summed E-state index contributed by atoms with van der Waals surface area (Å²) >= 11 is 0. The fourth-order valence-corrected chi connectivity index (χ4v) is 1.86. The normalized spacial score (nSPS) is 15.2. The first-order valence-electron chi connectivity index (χ1n) is 6.68. The molecule has 17 heavy (non-hydrogen) atoms. The second-order valence-electron chi connectivity index (χ2n) is 5.24. The molecule has 0 saturated carbocycles. The van der Waals surface area contributed by atoms with Crippen LogP contribution in [0.1, 0.15) is 46.0 Å². The molecule has 1 amide bonds. The number of hydrogen-bond donors (Lipinski definition) is 2. The van der Waals surface area contributed by atoms with Crippen LogP contribution in [0.4, 0.5) is 0 Å². The van der Waals surface area contributed by atoms with Gasteiger partial charge < -0.3 is 10.6 Å². The van der Waals surface area contributed by atoms with Crippen molar-refractivity contribution in [3.05, 3.63) is 0 Å². The van der Waals surface area contributed by atoms with Crippen LogP contribution in [0.2, 0.25) is 0 Å². The summed E-state index contributed by atoms with van der Waals surface area (Å²) in [5, 5.41) is 6.12. The number of carbonyl (C=O) groups is 1. The molecule has 0 spiro atoms. The minimum atomic E-state index is 0. The largest absolute Gasteiger partial charge is 0.356 e. The van der Waals surface area contributed by atoms with E-state index in [9.17, 15) is 4.79 Å². The van der Waals surface area contributed by atoms with Gasteiger partial charge in [-0.05, 0) is 12.3 Å². The van der Waals surface area contributed by atoms with Crippen LogP contribution in [0.5, 0.6) is 0 Å². The monoisotopic (exact) mass is 262 g/mol. The highest BCUT2D eigenvalue weighted by atomic mass is 35.5. The standard InChI is InChI=1S/C13H26N2O.ClH/c1-11(2)7-5-3-4-6-8-15-13(16)12-9-14-10-12;/h11-12,14H,3-10H2,1-2H3,(H,15,16);1H. The Kier molecular flexibility index (Phi) is 9.56. The molecule has 0 radical (unpaired) electrons. The Morgan fingerprint density at radius 2 is 1.88 bits per heavy atom. The van der Waals surface area contributed by atoms with Gasteiger partial charge in [-0.1, -0.05) is 39.5 Å². The first-order chi connectivity index (χ1) is 7.70. The lowest BCUT2D eigenvalue weighted by Crippen LogP contribution is -2.50. The highest BCUT2D eigenvalue weighted by Crippen LogP contribution is 2.09. The van der Waals surface area contributed by atoms with Crippen LogP contribution in [-0.2, 0) is 4.79 Å². The molecule has 102 valence electrons.